The molecular weight excluding hydrogens is 309 g/mol. The van der Waals surface area contributed by atoms with E-state index >= 15 is 0 Å². The van der Waals surface area contributed by atoms with Crippen LogP contribution in [0.2, 0.25) is 0 Å². The molecule has 0 saturated heterocycles. The van der Waals surface area contributed by atoms with Crippen LogP contribution in [-0.4, -0.2) is 47.6 Å². The highest BCUT2D eigenvalue weighted by Crippen LogP contribution is 2.19. The average molecular weight is 324 g/mol. The standard InChI is InChI=1S/C12H15F3N2O3S/c1-3-5-17(7-12(13,14)15)10(18)8-6-21-9(16-8)11(19)20-4-2/h6H,3-5,7H2,1-2H3. The molecule has 1 aromatic rings. The third-order valence-corrected chi connectivity index (χ3v) is 3.15. The predicted molar refractivity (Wildman–Crippen MR) is 70.3 cm³/mol. The molecule has 0 bridgehead atoms. The van der Waals surface area contributed by atoms with Crippen LogP contribution in [0.25, 0.3) is 0 Å². The normalized spacial score (nSPS) is 11.3. The predicted octanol–water partition coefficient (Wildman–Crippen LogP) is 2.73. The van der Waals surface area contributed by atoms with Crippen LogP contribution in [0.3, 0.4) is 0 Å². The number of hydrogen-bond acceptors (Lipinski definition) is 5. The molecule has 9 heteroatoms. The first-order valence-electron chi connectivity index (χ1n) is 6.27. The summed E-state index contributed by atoms with van der Waals surface area (Å²) in [6.45, 7) is 2.06. The summed E-state index contributed by atoms with van der Waals surface area (Å²) in [6, 6.07) is 0. The van der Waals surface area contributed by atoms with Gasteiger partial charge in [-0.05, 0) is 13.3 Å². The minimum atomic E-state index is -4.48. The van der Waals surface area contributed by atoms with Crippen molar-refractivity contribution in [3.05, 3.63) is 16.1 Å². The minimum Gasteiger partial charge on any atom is -0.461 e. The highest BCUT2D eigenvalue weighted by atomic mass is 32.1. The molecule has 0 spiro atoms. The van der Waals surface area contributed by atoms with Crippen LogP contribution < -0.4 is 0 Å². The van der Waals surface area contributed by atoms with E-state index in [0.29, 0.717) is 11.3 Å². The molecule has 0 radical (unpaired) electrons. The third-order valence-electron chi connectivity index (χ3n) is 2.32. The van der Waals surface area contributed by atoms with Crippen LogP contribution in [0, 0.1) is 0 Å². The van der Waals surface area contributed by atoms with E-state index < -0.39 is 24.6 Å². The van der Waals surface area contributed by atoms with Crippen molar-refractivity contribution < 1.29 is 27.5 Å². The highest BCUT2D eigenvalue weighted by molar-refractivity contribution is 7.11. The van der Waals surface area contributed by atoms with Crippen LogP contribution in [-0.2, 0) is 4.74 Å². The van der Waals surface area contributed by atoms with Gasteiger partial charge in [-0.2, -0.15) is 13.2 Å². The lowest BCUT2D eigenvalue weighted by Crippen LogP contribution is -2.39. The van der Waals surface area contributed by atoms with Gasteiger partial charge >= 0.3 is 12.1 Å². The number of aromatic nitrogens is 1. The summed E-state index contributed by atoms with van der Waals surface area (Å²) in [7, 11) is 0. The van der Waals surface area contributed by atoms with E-state index in [-0.39, 0.29) is 23.9 Å². The van der Waals surface area contributed by atoms with Gasteiger partial charge in [0.2, 0.25) is 5.01 Å². The molecule has 0 aliphatic carbocycles. The second kappa shape index (κ2) is 7.39. The molecular formula is C12H15F3N2O3S. The number of ether oxygens (including phenoxy) is 1. The maximum absolute atomic E-state index is 12.5. The summed E-state index contributed by atoms with van der Waals surface area (Å²) < 4.78 is 42.1. The molecule has 0 atom stereocenters. The molecule has 118 valence electrons. The van der Waals surface area contributed by atoms with Crippen molar-refractivity contribution in [1.29, 1.82) is 0 Å². The van der Waals surface area contributed by atoms with Crippen LogP contribution >= 0.6 is 11.3 Å². The fraction of sp³-hybridized carbons (Fsp3) is 0.583. The SMILES string of the molecule is CCCN(CC(F)(F)F)C(=O)c1csc(C(=O)OCC)n1. The van der Waals surface area contributed by atoms with Crippen LogP contribution in [0.15, 0.2) is 5.38 Å². The van der Waals surface area contributed by atoms with Crippen molar-refractivity contribution in [2.24, 2.45) is 0 Å². The number of halogens is 3. The maximum Gasteiger partial charge on any atom is 0.406 e. The molecule has 0 aliphatic rings. The van der Waals surface area contributed by atoms with Crippen molar-refractivity contribution in [1.82, 2.24) is 9.88 Å². The lowest BCUT2D eigenvalue weighted by atomic mass is 10.3. The van der Waals surface area contributed by atoms with Crippen molar-refractivity contribution in [3.63, 3.8) is 0 Å². The topological polar surface area (TPSA) is 59.5 Å². The van der Waals surface area contributed by atoms with Gasteiger partial charge in [0.05, 0.1) is 6.61 Å². The van der Waals surface area contributed by atoms with Gasteiger partial charge in [-0.15, -0.1) is 11.3 Å². The molecule has 5 nitrogen and oxygen atoms in total. The Morgan fingerprint density at radius 2 is 2.05 bits per heavy atom. The number of thiazole rings is 1. The number of nitrogens with zero attached hydrogens (tertiary/aromatic N) is 2. The van der Waals surface area contributed by atoms with Gasteiger partial charge in [0.15, 0.2) is 0 Å². The molecule has 0 fully saturated rings. The molecule has 0 saturated carbocycles. The highest BCUT2D eigenvalue weighted by Gasteiger charge is 2.33. The zero-order valence-corrected chi connectivity index (χ0v) is 12.4. The van der Waals surface area contributed by atoms with E-state index in [1.807, 2.05) is 0 Å². The Hall–Kier alpha value is -1.64. The number of esters is 1. The minimum absolute atomic E-state index is 0.0371. The van der Waals surface area contributed by atoms with Gasteiger partial charge in [-0.1, -0.05) is 6.92 Å². The van der Waals surface area contributed by atoms with Gasteiger partial charge in [-0.25, -0.2) is 9.78 Å². The zero-order chi connectivity index (χ0) is 16.0. The summed E-state index contributed by atoms with van der Waals surface area (Å²) in [5, 5.41) is 1.21. The molecule has 21 heavy (non-hydrogen) atoms. The van der Waals surface area contributed by atoms with Crippen molar-refractivity contribution in [3.8, 4) is 0 Å². The Morgan fingerprint density at radius 3 is 2.57 bits per heavy atom. The van der Waals surface area contributed by atoms with Crippen molar-refractivity contribution >= 4 is 23.2 Å². The largest absolute Gasteiger partial charge is 0.461 e. The van der Waals surface area contributed by atoms with Gasteiger partial charge in [-0.3, -0.25) is 4.79 Å². The van der Waals surface area contributed by atoms with Gasteiger partial charge in [0.25, 0.3) is 5.91 Å². The van der Waals surface area contributed by atoms with Gasteiger partial charge < -0.3 is 9.64 Å². The van der Waals surface area contributed by atoms with E-state index in [0.717, 1.165) is 11.3 Å². The van der Waals surface area contributed by atoms with Gasteiger partial charge in [0.1, 0.15) is 12.2 Å². The molecule has 0 aromatic carbocycles. The first kappa shape index (κ1) is 17.4. The zero-order valence-electron chi connectivity index (χ0n) is 11.6. The van der Waals surface area contributed by atoms with Gasteiger partial charge in [0, 0.05) is 11.9 Å². The number of carbonyl (C=O) groups is 2. The van der Waals surface area contributed by atoms with E-state index in [2.05, 4.69) is 4.98 Å². The first-order chi connectivity index (χ1) is 9.78. The summed E-state index contributed by atoms with van der Waals surface area (Å²) in [6.07, 6.45) is -4.10. The van der Waals surface area contributed by atoms with Crippen molar-refractivity contribution in [2.45, 2.75) is 26.4 Å². The van der Waals surface area contributed by atoms with Crippen LogP contribution in [0.1, 0.15) is 40.6 Å². The number of hydrogen-bond donors (Lipinski definition) is 0. The van der Waals surface area contributed by atoms with E-state index in [1.165, 1.54) is 5.38 Å². The smallest absolute Gasteiger partial charge is 0.406 e. The summed E-state index contributed by atoms with van der Waals surface area (Å²) >= 11 is 0.865. The molecule has 1 rings (SSSR count). The molecule has 0 N–H and O–H groups in total. The monoisotopic (exact) mass is 324 g/mol. The second-order valence-corrected chi connectivity index (χ2v) is 4.96. The number of rotatable bonds is 6. The van der Waals surface area contributed by atoms with E-state index in [1.54, 1.807) is 13.8 Å². The number of amides is 1. The number of alkyl halides is 3. The Morgan fingerprint density at radius 1 is 1.38 bits per heavy atom. The quantitative estimate of drug-likeness (QED) is 0.755. The lowest BCUT2D eigenvalue weighted by Gasteiger charge is -2.22. The number of carbonyl (C=O) groups excluding carboxylic acids is 2. The summed E-state index contributed by atoms with van der Waals surface area (Å²) in [5.74, 6) is -1.54. The molecule has 1 amide bonds. The Labute approximate surface area is 123 Å². The fourth-order valence-corrected chi connectivity index (χ4v) is 2.24. The Balaban J connectivity index is 2.86. The molecule has 0 unspecified atom stereocenters. The molecule has 1 aromatic heterocycles. The average Bonchev–Trinajstić information content (AvgIpc) is 2.85. The van der Waals surface area contributed by atoms with Crippen LogP contribution in [0.5, 0.6) is 0 Å². The summed E-state index contributed by atoms with van der Waals surface area (Å²) in [4.78, 5) is 27.9. The van der Waals surface area contributed by atoms with Crippen molar-refractivity contribution in [2.75, 3.05) is 19.7 Å². The maximum atomic E-state index is 12.5. The Kier molecular flexibility index (Phi) is 6.13. The molecule has 0 aliphatic heterocycles. The summed E-state index contributed by atoms with van der Waals surface area (Å²) in [5.41, 5.74) is -0.180. The third kappa shape index (κ3) is 5.33. The lowest BCUT2D eigenvalue weighted by molar-refractivity contribution is -0.140. The Bertz CT molecular complexity index is 502. The van der Waals surface area contributed by atoms with E-state index in [9.17, 15) is 22.8 Å². The second-order valence-electron chi connectivity index (χ2n) is 4.10. The first-order valence-corrected chi connectivity index (χ1v) is 7.15. The van der Waals surface area contributed by atoms with Crippen LogP contribution in [0.4, 0.5) is 13.2 Å². The fourth-order valence-electron chi connectivity index (χ4n) is 1.56. The molecule has 1 heterocycles. The van der Waals surface area contributed by atoms with E-state index in [4.69, 9.17) is 4.74 Å².